The molecule has 3 aromatic rings. The van der Waals surface area contributed by atoms with E-state index in [1.807, 2.05) is 31.2 Å². The first-order valence-electron chi connectivity index (χ1n) is 8.32. The predicted molar refractivity (Wildman–Crippen MR) is 98.8 cm³/mol. The van der Waals surface area contributed by atoms with Gasteiger partial charge in [-0.05, 0) is 31.5 Å². The van der Waals surface area contributed by atoms with Gasteiger partial charge in [0.2, 0.25) is 0 Å². The molecule has 0 fully saturated rings. The van der Waals surface area contributed by atoms with Gasteiger partial charge in [-0.15, -0.1) is 0 Å². The molecule has 2 aromatic carbocycles. The Hall–Kier alpha value is -3.35. The van der Waals surface area contributed by atoms with Crippen molar-refractivity contribution < 1.29 is 13.6 Å². The van der Waals surface area contributed by atoms with Crippen LogP contribution in [0.4, 0.5) is 20.3 Å². The van der Waals surface area contributed by atoms with Crippen LogP contribution in [0.3, 0.4) is 0 Å². The van der Waals surface area contributed by atoms with E-state index in [-0.39, 0.29) is 23.1 Å². The lowest BCUT2D eigenvalue weighted by atomic mass is 10.1. The second-order valence-electron chi connectivity index (χ2n) is 6.10. The van der Waals surface area contributed by atoms with Crippen LogP contribution in [0.5, 0.6) is 0 Å². The first kappa shape index (κ1) is 18.4. The zero-order valence-corrected chi connectivity index (χ0v) is 14.9. The summed E-state index contributed by atoms with van der Waals surface area (Å²) < 4.78 is 26.8. The summed E-state index contributed by atoms with van der Waals surface area (Å²) >= 11 is 0. The van der Waals surface area contributed by atoms with E-state index in [0.29, 0.717) is 12.4 Å². The van der Waals surface area contributed by atoms with Crippen molar-refractivity contribution in [2.24, 2.45) is 0 Å². The Kier molecular flexibility index (Phi) is 5.40. The van der Waals surface area contributed by atoms with Gasteiger partial charge >= 0.3 is 0 Å². The van der Waals surface area contributed by atoms with Crippen molar-refractivity contribution in [3.63, 3.8) is 0 Å². The molecule has 0 aliphatic carbocycles. The summed E-state index contributed by atoms with van der Waals surface area (Å²) in [5.74, 6) is -1.20. The van der Waals surface area contributed by atoms with Crippen LogP contribution >= 0.6 is 0 Å². The van der Waals surface area contributed by atoms with E-state index in [1.165, 1.54) is 12.1 Å². The number of aryl methyl sites for hydroxylation is 2. The minimum Gasteiger partial charge on any atom is -0.347 e. The Balaban J connectivity index is 1.73. The SMILES string of the molecule is Cc1ccc(CNC(=O)c2cc(Nc3ccc(F)cc3F)nc(C)n2)cc1. The largest absolute Gasteiger partial charge is 0.347 e. The zero-order chi connectivity index (χ0) is 19.4. The highest BCUT2D eigenvalue weighted by molar-refractivity contribution is 5.93. The molecule has 0 atom stereocenters. The lowest BCUT2D eigenvalue weighted by Gasteiger charge is -2.10. The molecule has 1 amide bonds. The lowest BCUT2D eigenvalue weighted by molar-refractivity contribution is 0.0945. The maximum absolute atomic E-state index is 13.8. The molecule has 138 valence electrons. The monoisotopic (exact) mass is 368 g/mol. The van der Waals surface area contributed by atoms with Crippen LogP contribution in [0, 0.1) is 25.5 Å². The van der Waals surface area contributed by atoms with Gasteiger partial charge in [0, 0.05) is 18.7 Å². The number of amides is 1. The zero-order valence-electron chi connectivity index (χ0n) is 14.9. The smallest absolute Gasteiger partial charge is 0.270 e. The van der Waals surface area contributed by atoms with Crippen molar-refractivity contribution >= 4 is 17.4 Å². The Bertz CT molecular complexity index is 974. The molecule has 1 heterocycles. The molecule has 0 aliphatic heterocycles. The van der Waals surface area contributed by atoms with Crippen LogP contribution in [0.25, 0.3) is 0 Å². The number of aromatic nitrogens is 2. The van der Waals surface area contributed by atoms with E-state index in [0.717, 1.165) is 23.3 Å². The maximum atomic E-state index is 13.8. The van der Waals surface area contributed by atoms with Crippen LogP contribution in [0.1, 0.15) is 27.4 Å². The third-order valence-electron chi connectivity index (χ3n) is 3.84. The highest BCUT2D eigenvalue weighted by Crippen LogP contribution is 2.20. The van der Waals surface area contributed by atoms with Gasteiger partial charge in [-0.3, -0.25) is 4.79 Å². The molecule has 0 spiro atoms. The van der Waals surface area contributed by atoms with Gasteiger partial charge in [0.25, 0.3) is 5.91 Å². The molecule has 7 heteroatoms. The Morgan fingerprint density at radius 3 is 2.44 bits per heavy atom. The van der Waals surface area contributed by atoms with E-state index in [2.05, 4.69) is 20.6 Å². The molecule has 3 rings (SSSR count). The first-order chi connectivity index (χ1) is 12.9. The van der Waals surface area contributed by atoms with Crippen molar-refractivity contribution in [2.45, 2.75) is 20.4 Å². The van der Waals surface area contributed by atoms with Gasteiger partial charge in [0.15, 0.2) is 0 Å². The minimum atomic E-state index is -0.753. The van der Waals surface area contributed by atoms with Gasteiger partial charge in [0.1, 0.15) is 29.0 Å². The van der Waals surface area contributed by atoms with Crippen molar-refractivity contribution in [3.8, 4) is 0 Å². The molecule has 0 bridgehead atoms. The standard InChI is InChI=1S/C20H18F2N4O/c1-12-3-5-14(6-4-12)11-23-20(27)18-10-19(25-13(2)24-18)26-17-8-7-15(21)9-16(17)22/h3-10H,11H2,1-2H3,(H,23,27)(H,24,25,26). The van der Waals surface area contributed by atoms with Crippen LogP contribution in [0.15, 0.2) is 48.5 Å². The summed E-state index contributed by atoms with van der Waals surface area (Å²) in [6, 6.07) is 12.4. The van der Waals surface area contributed by atoms with Gasteiger partial charge in [0.05, 0.1) is 5.69 Å². The number of hydrogen-bond acceptors (Lipinski definition) is 4. The number of carbonyl (C=O) groups is 1. The van der Waals surface area contributed by atoms with E-state index < -0.39 is 11.6 Å². The highest BCUT2D eigenvalue weighted by atomic mass is 19.1. The summed E-state index contributed by atoms with van der Waals surface area (Å²) in [5.41, 5.74) is 2.31. The Morgan fingerprint density at radius 1 is 1.00 bits per heavy atom. The summed E-state index contributed by atoms with van der Waals surface area (Å²) in [7, 11) is 0. The third-order valence-corrected chi connectivity index (χ3v) is 3.84. The molecule has 0 unspecified atom stereocenters. The quantitative estimate of drug-likeness (QED) is 0.713. The molecule has 27 heavy (non-hydrogen) atoms. The van der Waals surface area contributed by atoms with Crippen LogP contribution < -0.4 is 10.6 Å². The van der Waals surface area contributed by atoms with Crippen molar-refractivity contribution in [3.05, 3.63) is 82.8 Å². The molecule has 1 aromatic heterocycles. The summed E-state index contributed by atoms with van der Waals surface area (Å²) in [5, 5.41) is 5.53. The van der Waals surface area contributed by atoms with Crippen LogP contribution in [-0.4, -0.2) is 15.9 Å². The normalized spacial score (nSPS) is 10.5. The molecule has 0 saturated heterocycles. The molecular weight excluding hydrogens is 350 g/mol. The van der Waals surface area contributed by atoms with Crippen molar-refractivity contribution in [2.75, 3.05) is 5.32 Å². The molecule has 2 N–H and O–H groups in total. The number of rotatable bonds is 5. The Morgan fingerprint density at radius 2 is 1.74 bits per heavy atom. The van der Waals surface area contributed by atoms with Crippen LogP contribution in [-0.2, 0) is 6.54 Å². The van der Waals surface area contributed by atoms with E-state index in [1.54, 1.807) is 6.92 Å². The second-order valence-corrected chi connectivity index (χ2v) is 6.10. The van der Waals surface area contributed by atoms with Gasteiger partial charge in [-0.25, -0.2) is 18.7 Å². The highest BCUT2D eigenvalue weighted by Gasteiger charge is 2.12. The van der Waals surface area contributed by atoms with Gasteiger partial charge < -0.3 is 10.6 Å². The first-order valence-corrected chi connectivity index (χ1v) is 8.32. The summed E-state index contributed by atoms with van der Waals surface area (Å²) in [6.45, 7) is 3.98. The molecule has 5 nitrogen and oxygen atoms in total. The number of anilines is 2. The molecule has 0 radical (unpaired) electrons. The number of carbonyl (C=O) groups excluding carboxylic acids is 1. The fourth-order valence-corrected chi connectivity index (χ4v) is 2.46. The van der Waals surface area contributed by atoms with Gasteiger partial charge in [-0.1, -0.05) is 29.8 Å². The Labute approximate surface area is 155 Å². The summed E-state index contributed by atoms with van der Waals surface area (Å²) in [4.78, 5) is 20.7. The third kappa shape index (κ3) is 4.84. The molecule has 0 aliphatic rings. The number of hydrogen-bond donors (Lipinski definition) is 2. The number of benzene rings is 2. The predicted octanol–water partition coefficient (Wildman–Crippen LogP) is 4.05. The number of halogens is 2. The van der Waals surface area contributed by atoms with Crippen molar-refractivity contribution in [1.82, 2.24) is 15.3 Å². The number of nitrogens with zero attached hydrogens (tertiary/aromatic N) is 2. The molecule has 0 saturated carbocycles. The fourth-order valence-electron chi connectivity index (χ4n) is 2.46. The van der Waals surface area contributed by atoms with Gasteiger partial charge in [-0.2, -0.15) is 0 Å². The minimum absolute atomic E-state index is 0.0560. The number of nitrogens with one attached hydrogen (secondary N) is 2. The van der Waals surface area contributed by atoms with E-state index in [4.69, 9.17) is 0 Å². The van der Waals surface area contributed by atoms with E-state index >= 15 is 0 Å². The second kappa shape index (κ2) is 7.90. The lowest BCUT2D eigenvalue weighted by Crippen LogP contribution is -2.24. The van der Waals surface area contributed by atoms with Crippen molar-refractivity contribution in [1.29, 1.82) is 0 Å². The topological polar surface area (TPSA) is 66.9 Å². The maximum Gasteiger partial charge on any atom is 0.270 e. The average molecular weight is 368 g/mol. The summed E-state index contributed by atoms with van der Waals surface area (Å²) in [6.07, 6.45) is 0. The fraction of sp³-hybridized carbons (Fsp3) is 0.150. The van der Waals surface area contributed by atoms with Crippen LogP contribution in [0.2, 0.25) is 0 Å². The molecular formula is C20H18F2N4O. The van der Waals surface area contributed by atoms with E-state index in [9.17, 15) is 13.6 Å². The average Bonchev–Trinajstić information content (AvgIpc) is 2.63.